The summed E-state index contributed by atoms with van der Waals surface area (Å²) in [6.45, 7) is 9.06. The predicted octanol–water partition coefficient (Wildman–Crippen LogP) is 4.28. The van der Waals surface area contributed by atoms with Crippen molar-refractivity contribution in [2.24, 2.45) is 0 Å². The standard InChI is InChI=1S/C19H18N2O3/c1-20-17(19(22)23)13-16-9-10-18(24-16)14-5-7-15(8-6-14)21-11-3-2-4-12-21/h5-10,13H,2-4,11-12H2,(H,22,23). The van der Waals surface area contributed by atoms with E-state index >= 15 is 0 Å². The largest absolute Gasteiger partial charge is 0.486 e. The lowest BCUT2D eigenvalue weighted by Gasteiger charge is -2.28. The third-order valence-electron chi connectivity index (χ3n) is 4.12. The molecule has 0 atom stereocenters. The van der Waals surface area contributed by atoms with Crippen LogP contribution in [0.3, 0.4) is 0 Å². The van der Waals surface area contributed by atoms with Crippen LogP contribution in [0.25, 0.3) is 22.2 Å². The maximum Gasteiger partial charge on any atom is 0.333 e. The molecule has 1 aromatic carbocycles. The number of benzene rings is 1. The molecule has 122 valence electrons. The summed E-state index contributed by atoms with van der Waals surface area (Å²) in [6.07, 6.45) is 5.02. The second-order valence-electron chi connectivity index (χ2n) is 5.74. The van der Waals surface area contributed by atoms with Gasteiger partial charge in [-0.3, -0.25) is 4.79 Å². The van der Waals surface area contributed by atoms with Gasteiger partial charge in [-0.15, -0.1) is 0 Å². The van der Waals surface area contributed by atoms with Crippen molar-refractivity contribution in [2.75, 3.05) is 18.0 Å². The van der Waals surface area contributed by atoms with Gasteiger partial charge in [-0.1, -0.05) is 0 Å². The molecule has 3 rings (SSSR count). The van der Waals surface area contributed by atoms with Gasteiger partial charge in [0.2, 0.25) is 0 Å². The maximum atomic E-state index is 10.9. The highest BCUT2D eigenvalue weighted by atomic mass is 16.4. The molecule has 1 aliphatic heterocycles. The van der Waals surface area contributed by atoms with E-state index in [1.807, 2.05) is 12.1 Å². The van der Waals surface area contributed by atoms with Crippen LogP contribution in [0, 0.1) is 6.57 Å². The smallest absolute Gasteiger partial charge is 0.333 e. The van der Waals surface area contributed by atoms with Gasteiger partial charge >= 0.3 is 5.97 Å². The van der Waals surface area contributed by atoms with E-state index in [1.54, 1.807) is 12.1 Å². The van der Waals surface area contributed by atoms with Gasteiger partial charge in [0.05, 0.1) is 6.57 Å². The fourth-order valence-corrected chi connectivity index (χ4v) is 2.85. The van der Waals surface area contributed by atoms with Crippen molar-refractivity contribution in [1.82, 2.24) is 0 Å². The number of carboxylic acid groups (broad SMARTS) is 1. The lowest BCUT2D eigenvalue weighted by atomic mass is 10.1. The molecule has 1 saturated heterocycles. The number of piperidine rings is 1. The van der Waals surface area contributed by atoms with E-state index < -0.39 is 5.97 Å². The first-order valence-electron chi connectivity index (χ1n) is 7.95. The maximum absolute atomic E-state index is 10.9. The zero-order chi connectivity index (χ0) is 16.9. The van der Waals surface area contributed by atoms with Crippen LogP contribution in [-0.2, 0) is 4.79 Å². The van der Waals surface area contributed by atoms with E-state index in [4.69, 9.17) is 16.1 Å². The lowest BCUT2D eigenvalue weighted by molar-refractivity contribution is -0.132. The number of hydrogen-bond donors (Lipinski definition) is 1. The normalized spacial score (nSPS) is 15.1. The average Bonchev–Trinajstić information content (AvgIpc) is 3.09. The number of carboxylic acids is 1. The Morgan fingerprint density at radius 3 is 2.46 bits per heavy atom. The highest BCUT2D eigenvalue weighted by molar-refractivity contribution is 5.93. The highest BCUT2D eigenvalue weighted by Crippen LogP contribution is 2.27. The Hall–Kier alpha value is -3.00. The fraction of sp³-hybridized carbons (Fsp3) is 0.263. The first-order valence-corrected chi connectivity index (χ1v) is 7.95. The Labute approximate surface area is 140 Å². The van der Waals surface area contributed by atoms with E-state index in [-0.39, 0.29) is 5.70 Å². The third-order valence-corrected chi connectivity index (χ3v) is 4.12. The molecule has 5 heteroatoms. The van der Waals surface area contributed by atoms with Crippen LogP contribution in [-0.4, -0.2) is 24.2 Å². The van der Waals surface area contributed by atoms with E-state index in [0.717, 1.165) is 18.7 Å². The van der Waals surface area contributed by atoms with E-state index in [0.29, 0.717) is 11.5 Å². The molecule has 1 aliphatic rings. The van der Waals surface area contributed by atoms with Crippen molar-refractivity contribution < 1.29 is 14.3 Å². The molecule has 1 aromatic heterocycles. The monoisotopic (exact) mass is 322 g/mol. The Morgan fingerprint density at radius 2 is 1.83 bits per heavy atom. The van der Waals surface area contributed by atoms with E-state index in [9.17, 15) is 4.79 Å². The second kappa shape index (κ2) is 7.05. The molecule has 0 amide bonds. The van der Waals surface area contributed by atoms with Gasteiger partial charge in [0.1, 0.15) is 11.5 Å². The van der Waals surface area contributed by atoms with Gasteiger partial charge in [-0.05, 0) is 61.7 Å². The molecular formula is C19H18N2O3. The average molecular weight is 322 g/mol. The molecule has 24 heavy (non-hydrogen) atoms. The van der Waals surface area contributed by atoms with Crippen LogP contribution in [0.2, 0.25) is 0 Å². The Kier molecular flexibility index (Phi) is 4.66. The molecule has 0 spiro atoms. The zero-order valence-electron chi connectivity index (χ0n) is 13.2. The molecule has 5 nitrogen and oxygen atoms in total. The molecule has 1 fully saturated rings. The van der Waals surface area contributed by atoms with E-state index in [2.05, 4.69) is 21.9 Å². The van der Waals surface area contributed by atoms with Crippen molar-refractivity contribution in [3.8, 4) is 11.3 Å². The summed E-state index contributed by atoms with van der Waals surface area (Å²) in [4.78, 5) is 16.2. The summed E-state index contributed by atoms with van der Waals surface area (Å²) < 4.78 is 5.64. The summed E-state index contributed by atoms with van der Waals surface area (Å²) in [6, 6.07) is 11.6. The van der Waals surface area contributed by atoms with Gasteiger partial charge in [-0.2, -0.15) is 0 Å². The molecule has 0 saturated carbocycles. The third kappa shape index (κ3) is 3.49. The fourth-order valence-electron chi connectivity index (χ4n) is 2.85. The van der Waals surface area contributed by atoms with Crippen molar-refractivity contribution in [3.63, 3.8) is 0 Å². The van der Waals surface area contributed by atoms with Crippen LogP contribution in [0.15, 0.2) is 46.5 Å². The number of aliphatic carboxylic acids is 1. The molecule has 0 radical (unpaired) electrons. The predicted molar refractivity (Wildman–Crippen MR) is 92.4 cm³/mol. The summed E-state index contributed by atoms with van der Waals surface area (Å²) >= 11 is 0. The van der Waals surface area contributed by atoms with Gasteiger partial charge < -0.3 is 14.4 Å². The number of rotatable bonds is 4. The van der Waals surface area contributed by atoms with Crippen LogP contribution in [0.4, 0.5) is 5.69 Å². The summed E-state index contributed by atoms with van der Waals surface area (Å²) in [5, 5.41) is 8.88. The topological polar surface area (TPSA) is 58.0 Å². The molecule has 2 aromatic rings. The van der Waals surface area contributed by atoms with Gasteiger partial charge in [0.25, 0.3) is 5.70 Å². The molecular weight excluding hydrogens is 304 g/mol. The Morgan fingerprint density at radius 1 is 1.12 bits per heavy atom. The first-order chi connectivity index (χ1) is 11.7. The summed E-state index contributed by atoms with van der Waals surface area (Å²) in [5.74, 6) is -0.242. The SMILES string of the molecule is [C-]#[N+]C(=Cc1ccc(-c2ccc(N3CCCCC3)cc2)o1)C(=O)O. The van der Waals surface area contributed by atoms with Crippen LogP contribution < -0.4 is 4.90 Å². The summed E-state index contributed by atoms with van der Waals surface area (Å²) in [5.41, 5.74) is 1.78. The molecule has 0 bridgehead atoms. The van der Waals surface area contributed by atoms with E-state index in [1.165, 1.54) is 31.0 Å². The van der Waals surface area contributed by atoms with Crippen molar-refractivity contribution in [3.05, 3.63) is 59.3 Å². The van der Waals surface area contributed by atoms with Gasteiger partial charge in [0.15, 0.2) is 0 Å². The molecule has 2 heterocycles. The first kappa shape index (κ1) is 15.9. The van der Waals surface area contributed by atoms with Crippen molar-refractivity contribution >= 4 is 17.7 Å². The molecule has 1 N–H and O–H groups in total. The van der Waals surface area contributed by atoms with Crippen molar-refractivity contribution in [2.45, 2.75) is 19.3 Å². The van der Waals surface area contributed by atoms with Crippen molar-refractivity contribution in [1.29, 1.82) is 0 Å². The number of hydrogen-bond acceptors (Lipinski definition) is 3. The lowest BCUT2D eigenvalue weighted by Crippen LogP contribution is -2.29. The Balaban J connectivity index is 1.78. The number of furan rings is 1. The van der Waals surface area contributed by atoms with Crippen LogP contribution in [0.1, 0.15) is 25.0 Å². The quantitative estimate of drug-likeness (QED) is 0.674. The van der Waals surface area contributed by atoms with Gasteiger partial charge in [-0.25, -0.2) is 4.85 Å². The molecule has 0 aliphatic carbocycles. The Bertz CT molecular complexity index is 791. The number of anilines is 1. The highest BCUT2D eigenvalue weighted by Gasteiger charge is 2.12. The molecule has 0 unspecified atom stereocenters. The zero-order valence-corrected chi connectivity index (χ0v) is 13.2. The minimum absolute atomic E-state index is 0.360. The second-order valence-corrected chi connectivity index (χ2v) is 5.74. The minimum Gasteiger partial charge on any atom is -0.486 e. The van der Waals surface area contributed by atoms with Gasteiger partial charge in [0, 0.05) is 24.3 Å². The number of nitrogens with zero attached hydrogens (tertiary/aromatic N) is 2. The minimum atomic E-state index is -1.26. The van der Waals surface area contributed by atoms with Crippen LogP contribution >= 0.6 is 0 Å². The van der Waals surface area contributed by atoms with Crippen LogP contribution in [0.5, 0.6) is 0 Å². The summed E-state index contributed by atoms with van der Waals surface area (Å²) in [7, 11) is 0. The number of carbonyl (C=O) groups is 1.